The number of benzene rings is 1. The second-order valence-electron chi connectivity index (χ2n) is 5.46. The highest BCUT2D eigenvalue weighted by Crippen LogP contribution is 2.32. The molecule has 3 heteroatoms. The van der Waals surface area contributed by atoms with E-state index in [2.05, 4.69) is 95.1 Å². The van der Waals surface area contributed by atoms with E-state index in [0.717, 1.165) is 3.39 Å². The number of hydrogen-bond donors (Lipinski definition) is 0. The normalized spacial score (nSPS) is 11.4. The van der Waals surface area contributed by atoms with Crippen LogP contribution in [0.2, 0.25) is 0 Å². The highest BCUT2D eigenvalue weighted by Gasteiger charge is 2.13. The van der Waals surface area contributed by atoms with E-state index in [9.17, 15) is 0 Å². The molecule has 0 spiro atoms. The Balaban J connectivity index is 2.28. The molecule has 0 radical (unpaired) electrons. The lowest BCUT2D eigenvalue weighted by Crippen LogP contribution is -2.10. The molecule has 1 aromatic heterocycles. The first-order valence-corrected chi connectivity index (χ1v) is 8.50. The van der Waals surface area contributed by atoms with Crippen molar-refractivity contribution in [2.75, 3.05) is 0 Å². The van der Waals surface area contributed by atoms with Gasteiger partial charge in [-0.05, 0) is 66.6 Å². The zero-order valence-corrected chi connectivity index (χ0v) is 15.2. The van der Waals surface area contributed by atoms with E-state index in [1.807, 2.05) is 0 Å². The van der Waals surface area contributed by atoms with Gasteiger partial charge in [0, 0.05) is 9.75 Å². The number of halogens is 2. The summed E-state index contributed by atoms with van der Waals surface area (Å²) in [6, 6.07) is 13.2. The van der Waals surface area contributed by atoms with Gasteiger partial charge in [0.05, 0.1) is 3.39 Å². The Morgan fingerprint density at radius 1 is 1.00 bits per heavy atom. The molecule has 0 saturated carbocycles. The van der Waals surface area contributed by atoms with Crippen molar-refractivity contribution >= 4 is 49.3 Å². The van der Waals surface area contributed by atoms with Crippen molar-refractivity contribution in [3.8, 4) is 10.4 Å². The van der Waals surface area contributed by atoms with Gasteiger partial charge in [-0.15, -0.1) is 11.3 Å². The summed E-state index contributed by atoms with van der Waals surface area (Å²) < 4.78 is 0.969. The Kier molecular flexibility index (Phi) is 4.70. The summed E-state index contributed by atoms with van der Waals surface area (Å²) in [4.78, 5) is 2.53. The standard InChI is InChI=1S/C16H16Br2S/c1-16(2,3)12-6-4-11(5-7-12)14-9-8-13(19-14)10-15(17)18/h4-10H,1-3H3. The van der Waals surface area contributed by atoms with Crippen LogP contribution in [-0.2, 0) is 5.41 Å². The molecule has 2 rings (SSSR count). The van der Waals surface area contributed by atoms with Crippen LogP contribution in [0.5, 0.6) is 0 Å². The van der Waals surface area contributed by atoms with Crippen LogP contribution in [0.15, 0.2) is 39.8 Å². The Labute approximate surface area is 135 Å². The lowest BCUT2D eigenvalue weighted by Gasteiger charge is -2.18. The number of rotatable bonds is 2. The highest BCUT2D eigenvalue weighted by molar-refractivity contribution is 9.28. The van der Waals surface area contributed by atoms with Crippen molar-refractivity contribution in [2.24, 2.45) is 0 Å². The average molecular weight is 400 g/mol. The molecular weight excluding hydrogens is 384 g/mol. The van der Waals surface area contributed by atoms with Gasteiger partial charge in [-0.1, -0.05) is 45.0 Å². The van der Waals surface area contributed by atoms with Crippen LogP contribution in [-0.4, -0.2) is 0 Å². The Hall–Kier alpha value is -0.380. The van der Waals surface area contributed by atoms with E-state index in [-0.39, 0.29) is 5.41 Å². The van der Waals surface area contributed by atoms with Crippen molar-refractivity contribution in [1.82, 2.24) is 0 Å². The molecule has 0 unspecified atom stereocenters. The Bertz CT molecular complexity index is 582. The molecule has 100 valence electrons. The molecule has 0 fully saturated rings. The van der Waals surface area contributed by atoms with Crippen LogP contribution < -0.4 is 0 Å². The summed E-state index contributed by atoms with van der Waals surface area (Å²) in [7, 11) is 0. The van der Waals surface area contributed by atoms with Crippen LogP contribution >= 0.6 is 43.2 Å². The first-order chi connectivity index (χ1) is 8.86. The fourth-order valence-corrected chi connectivity index (χ4v) is 3.58. The molecule has 0 aliphatic heterocycles. The molecule has 0 bridgehead atoms. The maximum absolute atomic E-state index is 3.39. The molecule has 19 heavy (non-hydrogen) atoms. The predicted molar refractivity (Wildman–Crippen MR) is 94.3 cm³/mol. The van der Waals surface area contributed by atoms with Gasteiger partial charge >= 0.3 is 0 Å². The third-order valence-corrected chi connectivity index (χ3v) is 4.45. The highest BCUT2D eigenvalue weighted by atomic mass is 79.9. The van der Waals surface area contributed by atoms with Gasteiger partial charge in [0.25, 0.3) is 0 Å². The third kappa shape index (κ3) is 4.04. The van der Waals surface area contributed by atoms with E-state index in [1.165, 1.54) is 20.9 Å². The van der Waals surface area contributed by atoms with Gasteiger partial charge < -0.3 is 0 Å². The molecule has 0 nitrogen and oxygen atoms in total. The summed E-state index contributed by atoms with van der Waals surface area (Å²) in [5.74, 6) is 0. The summed E-state index contributed by atoms with van der Waals surface area (Å²) in [5.41, 5.74) is 2.86. The third-order valence-electron chi connectivity index (χ3n) is 2.91. The fourth-order valence-electron chi connectivity index (χ4n) is 1.83. The van der Waals surface area contributed by atoms with E-state index < -0.39 is 0 Å². The predicted octanol–water partition coefficient (Wildman–Crippen LogP) is 6.80. The van der Waals surface area contributed by atoms with Gasteiger partial charge in [0.15, 0.2) is 0 Å². The number of thiophene rings is 1. The molecule has 0 aliphatic rings. The van der Waals surface area contributed by atoms with Crippen LogP contribution in [0, 0.1) is 0 Å². The van der Waals surface area contributed by atoms with Gasteiger partial charge in [-0.3, -0.25) is 0 Å². The maximum Gasteiger partial charge on any atom is 0.0618 e. The lowest BCUT2D eigenvalue weighted by atomic mass is 9.86. The maximum atomic E-state index is 3.39. The van der Waals surface area contributed by atoms with Gasteiger partial charge in [0.1, 0.15) is 0 Å². The number of hydrogen-bond acceptors (Lipinski definition) is 1. The molecule has 1 heterocycles. The second kappa shape index (κ2) is 5.94. The molecule has 1 aromatic carbocycles. The van der Waals surface area contributed by atoms with Gasteiger partial charge in [-0.25, -0.2) is 0 Å². The first-order valence-electron chi connectivity index (χ1n) is 6.10. The summed E-state index contributed by atoms with van der Waals surface area (Å²) >= 11 is 8.58. The quantitative estimate of drug-likeness (QED) is 0.520. The zero-order chi connectivity index (χ0) is 14.0. The molecule has 0 saturated heterocycles. The summed E-state index contributed by atoms with van der Waals surface area (Å²) in [6.45, 7) is 6.72. The molecule has 0 atom stereocenters. The van der Waals surface area contributed by atoms with Crippen molar-refractivity contribution < 1.29 is 0 Å². The zero-order valence-electron chi connectivity index (χ0n) is 11.2. The van der Waals surface area contributed by atoms with E-state index >= 15 is 0 Å². The van der Waals surface area contributed by atoms with E-state index in [4.69, 9.17) is 0 Å². The molecule has 0 aliphatic carbocycles. The van der Waals surface area contributed by atoms with Crippen LogP contribution in [0.25, 0.3) is 16.5 Å². The lowest BCUT2D eigenvalue weighted by molar-refractivity contribution is 0.590. The van der Waals surface area contributed by atoms with Gasteiger partial charge in [0.2, 0.25) is 0 Å². The minimum absolute atomic E-state index is 0.211. The van der Waals surface area contributed by atoms with Gasteiger partial charge in [-0.2, -0.15) is 0 Å². The molecule has 0 amide bonds. The van der Waals surface area contributed by atoms with E-state index in [1.54, 1.807) is 11.3 Å². The minimum Gasteiger partial charge on any atom is -0.136 e. The second-order valence-corrected chi connectivity index (χ2v) is 9.35. The summed E-state index contributed by atoms with van der Waals surface area (Å²) in [6.07, 6.45) is 2.07. The molecular formula is C16H16Br2S. The first kappa shape index (κ1) is 15.0. The Morgan fingerprint density at radius 3 is 2.16 bits per heavy atom. The van der Waals surface area contributed by atoms with Crippen LogP contribution in [0.1, 0.15) is 31.2 Å². The van der Waals surface area contributed by atoms with Crippen LogP contribution in [0.4, 0.5) is 0 Å². The Morgan fingerprint density at radius 2 is 1.63 bits per heavy atom. The molecule has 0 N–H and O–H groups in total. The van der Waals surface area contributed by atoms with Crippen molar-refractivity contribution in [3.05, 3.63) is 50.2 Å². The largest absolute Gasteiger partial charge is 0.136 e. The van der Waals surface area contributed by atoms with Crippen molar-refractivity contribution in [3.63, 3.8) is 0 Å². The van der Waals surface area contributed by atoms with Crippen molar-refractivity contribution in [2.45, 2.75) is 26.2 Å². The SMILES string of the molecule is CC(C)(C)c1ccc(-c2ccc(C=C(Br)Br)s2)cc1. The fraction of sp³-hybridized carbons (Fsp3) is 0.250. The average Bonchev–Trinajstić information content (AvgIpc) is 2.75. The smallest absolute Gasteiger partial charge is 0.0618 e. The van der Waals surface area contributed by atoms with E-state index in [0.29, 0.717) is 0 Å². The van der Waals surface area contributed by atoms with Crippen LogP contribution in [0.3, 0.4) is 0 Å². The van der Waals surface area contributed by atoms with Crippen molar-refractivity contribution in [1.29, 1.82) is 0 Å². The minimum atomic E-state index is 0.211. The summed E-state index contributed by atoms with van der Waals surface area (Å²) in [5, 5.41) is 0. The molecule has 2 aromatic rings. The monoisotopic (exact) mass is 398 g/mol. The topological polar surface area (TPSA) is 0 Å².